The lowest BCUT2D eigenvalue weighted by Crippen LogP contribution is -2.15. The van der Waals surface area contributed by atoms with Crippen molar-refractivity contribution in [1.82, 2.24) is 0 Å². The van der Waals surface area contributed by atoms with E-state index in [1.54, 1.807) is 24.3 Å². The molecule has 1 aromatic carbocycles. The van der Waals surface area contributed by atoms with E-state index in [9.17, 15) is 9.59 Å². The van der Waals surface area contributed by atoms with E-state index < -0.39 is 11.9 Å². The van der Waals surface area contributed by atoms with Crippen LogP contribution in [0.15, 0.2) is 24.3 Å². The van der Waals surface area contributed by atoms with Gasteiger partial charge in [0, 0.05) is 12.8 Å². The van der Waals surface area contributed by atoms with Gasteiger partial charge in [-0.05, 0) is 64.5 Å². The molecular formula is C24H30O4. The third kappa shape index (κ3) is 9.83. The van der Waals surface area contributed by atoms with Crippen LogP contribution in [0.4, 0.5) is 0 Å². The van der Waals surface area contributed by atoms with Gasteiger partial charge in [-0.1, -0.05) is 12.1 Å². The zero-order chi connectivity index (χ0) is 20.5. The predicted octanol–water partition coefficient (Wildman–Crippen LogP) is 5.17. The molecule has 0 N–H and O–H groups in total. The molecule has 0 fully saturated rings. The van der Waals surface area contributed by atoms with Crippen LogP contribution in [0.3, 0.4) is 0 Å². The number of rotatable bonds is 12. The molecule has 150 valence electrons. The van der Waals surface area contributed by atoms with Crippen molar-refractivity contribution in [2.75, 3.05) is 13.2 Å². The summed E-state index contributed by atoms with van der Waals surface area (Å²) in [4.78, 5) is 24.6. The van der Waals surface area contributed by atoms with Crippen LogP contribution in [0, 0.1) is 23.7 Å². The molecule has 0 aliphatic heterocycles. The third-order valence-electron chi connectivity index (χ3n) is 4.08. The first-order chi connectivity index (χ1) is 13.7. The summed E-state index contributed by atoms with van der Waals surface area (Å²) in [6, 6.07) is 6.62. The van der Waals surface area contributed by atoms with Gasteiger partial charge in [0.25, 0.3) is 0 Å². The fourth-order valence-electron chi connectivity index (χ4n) is 2.56. The Morgan fingerprint density at radius 1 is 0.714 bits per heavy atom. The van der Waals surface area contributed by atoms with Crippen LogP contribution in [0.5, 0.6) is 0 Å². The van der Waals surface area contributed by atoms with Crippen LogP contribution < -0.4 is 0 Å². The van der Waals surface area contributed by atoms with E-state index in [1.165, 1.54) is 0 Å². The van der Waals surface area contributed by atoms with Crippen LogP contribution in [-0.4, -0.2) is 25.2 Å². The van der Waals surface area contributed by atoms with Crippen molar-refractivity contribution in [2.45, 2.75) is 65.2 Å². The van der Waals surface area contributed by atoms with Crippen molar-refractivity contribution in [3.05, 3.63) is 35.4 Å². The molecule has 0 aliphatic carbocycles. The molecule has 0 saturated carbocycles. The van der Waals surface area contributed by atoms with E-state index in [4.69, 9.17) is 9.47 Å². The fourth-order valence-corrected chi connectivity index (χ4v) is 2.56. The van der Waals surface area contributed by atoms with E-state index in [1.807, 2.05) is 13.8 Å². The van der Waals surface area contributed by atoms with Crippen LogP contribution >= 0.6 is 0 Å². The van der Waals surface area contributed by atoms with E-state index in [0.717, 1.165) is 51.4 Å². The number of carbonyl (C=O) groups excluding carboxylic acids is 2. The van der Waals surface area contributed by atoms with Gasteiger partial charge in [0.15, 0.2) is 0 Å². The first-order valence-corrected chi connectivity index (χ1v) is 9.93. The van der Waals surface area contributed by atoms with Crippen LogP contribution in [0.2, 0.25) is 0 Å². The number of carbonyl (C=O) groups is 2. The second-order valence-electron chi connectivity index (χ2n) is 6.29. The van der Waals surface area contributed by atoms with Crippen molar-refractivity contribution in [3.63, 3.8) is 0 Å². The summed E-state index contributed by atoms with van der Waals surface area (Å²) in [5.74, 6) is 10.8. The van der Waals surface area contributed by atoms with Gasteiger partial charge in [-0.3, -0.25) is 0 Å². The highest BCUT2D eigenvalue weighted by atomic mass is 16.5. The Morgan fingerprint density at radius 3 is 1.54 bits per heavy atom. The number of ether oxygens (including phenoxy) is 2. The molecule has 0 aliphatic rings. The van der Waals surface area contributed by atoms with Gasteiger partial charge in [0.05, 0.1) is 24.3 Å². The average molecular weight is 383 g/mol. The Hall–Kier alpha value is -2.72. The summed E-state index contributed by atoms with van der Waals surface area (Å²) in [6.45, 7) is 4.32. The highest BCUT2D eigenvalue weighted by Crippen LogP contribution is 2.13. The smallest absolute Gasteiger partial charge is 0.339 e. The Kier molecular flexibility index (Phi) is 12.8. The Labute approximate surface area is 169 Å². The summed E-state index contributed by atoms with van der Waals surface area (Å²) in [5.41, 5.74) is 0.505. The lowest BCUT2D eigenvalue weighted by Gasteiger charge is -2.10. The Bertz CT molecular complexity index is 665. The Balaban J connectivity index is 2.40. The molecule has 1 aromatic rings. The zero-order valence-corrected chi connectivity index (χ0v) is 17.0. The number of esters is 2. The summed E-state index contributed by atoms with van der Waals surface area (Å²) in [7, 11) is 0. The van der Waals surface area contributed by atoms with Gasteiger partial charge in [-0.2, -0.15) is 0 Å². The number of hydrogen-bond donors (Lipinski definition) is 0. The van der Waals surface area contributed by atoms with Crippen LogP contribution in [-0.2, 0) is 9.47 Å². The maximum absolute atomic E-state index is 12.3. The molecule has 1 rings (SSSR count). The number of hydrogen-bond acceptors (Lipinski definition) is 4. The summed E-state index contributed by atoms with van der Waals surface area (Å²) < 4.78 is 10.6. The molecule has 0 radical (unpaired) electrons. The van der Waals surface area contributed by atoms with Gasteiger partial charge in [0.2, 0.25) is 0 Å². The molecule has 0 bridgehead atoms. The molecule has 28 heavy (non-hydrogen) atoms. The molecule has 4 heteroatoms. The van der Waals surface area contributed by atoms with E-state index in [0.29, 0.717) is 13.2 Å². The average Bonchev–Trinajstić information content (AvgIpc) is 2.72. The standard InChI is InChI=1S/C24H30O4/c1-3-5-7-9-11-15-19-27-23(25)21-17-13-14-18-22(21)24(26)28-20-16-12-10-8-6-4-2/h13-14,17-18H,7-12,15-16,19-20H2,1-2H3. The first-order valence-electron chi connectivity index (χ1n) is 9.93. The normalized spacial score (nSPS) is 9.50. The van der Waals surface area contributed by atoms with E-state index in [2.05, 4.69) is 23.7 Å². The van der Waals surface area contributed by atoms with E-state index >= 15 is 0 Å². The molecule has 0 amide bonds. The van der Waals surface area contributed by atoms with Crippen LogP contribution in [0.1, 0.15) is 85.9 Å². The molecular weight excluding hydrogens is 352 g/mol. The highest BCUT2D eigenvalue weighted by molar-refractivity contribution is 6.03. The third-order valence-corrected chi connectivity index (χ3v) is 4.08. The van der Waals surface area contributed by atoms with Crippen molar-refractivity contribution in [3.8, 4) is 23.7 Å². The molecule has 4 nitrogen and oxygen atoms in total. The maximum atomic E-state index is 12.3. The second kappa shape index (κ2) is 15.3. The predicted molar refractivity (Wildman–Crippen MR) is 111 cm³/mol. The summed E-state index contributed by atoms with van der Waals surface area (Å²) in [5, 5.41) is 0. The molecule has 0 heterocycles. The minimum Gasteiger partial charge on any atom is -0.462 e. The van der Waals surface area contributed by atoms with Crippen molar-refractivity contribution >= 4 is 11.9 Å². The van der Waals surface area contributed by atoms with Gasteiger partial charge in [-0.25, -0.2) is 9.59 Å². The number of benzene rings is 1. The van der Waals surface area contributed by atoms with Crippen molar-refractivity contribution < 1.29 is 19.1 Å². The fraction of sp³-hybridized carbons (Fsp3) is 0.500. The van der Waals surface area contributed by atoms with Crippen LogP contribution in [0.25, 0.3) is 0 Å². The lowest BCUT2D eigenvalue weighted by atomic mass is 10.1. The van der Waals surface area contributed by atoms with Crippen molar-refractivity contribution in [2.24, 2.45) is 0 Å². The lowest BCUT2D eigenvalue weighted by molar-refractivity contribution is 0.0450. The topological polar surface area (TPSA) is 52.6 Å². The monoisotopic (exact) mass is 382 g/mol. The molecule has 0 atom stereocenters. The molecule has 0 aromatic heterocycles. The summed E-state index contributed by atoms with van der Waals surface area (Å²) in [6.07, 6.45) is 7.19. The maximum Gasteiger partial charge on any atom is 0.339 e. The molecule has 0 spiro atoms. The number of unbranched alkanes of at least 4 members (excludes halogenated alkanes) is 6. The van der Waals surface area contributed by atoms with Crippen molar-refractivity contribution in [1.29, 1.82) is 0 Å². The first kappa shape index (κ1) is 23.3. The largest absolute Gasteiger partial charge is 0.462 e. The van der Waals surface area contributed by atoms with Gasteiger partial charge < -0.3 is 9.47 Å². The van der Waals surface area contributed by atoms with E-state index in [-0.39, 0.29) is 11.1 Å². The minimum absolute atomic E-state index is 0.252. The quantitative estimate of drug-likeness (QED) is 0.284. The highest BCUT2D eigenvalue weighted by Gasteiger charge is 2.18. The van der Waals surface area contributed by atoms with Gasteiger partial charge in [0.1, 0.15) is 0 Å². The second-order valence-corrected chi connectivity index (χ2v) is 6.29. The van der Waals surface area contributed by atoms with Gasteiger partial charge >= 0.3 is 11.9 Å². The Morgan fingerprint density at radius 2 is 1.14 bits per heavy atom. The van der Waals surface area contributed by atoms with Gasteiger partial charge in [-0.15, -0.1) is 23.7 Å². The molecule has 0 unspecified atom stereocenters. The SMILES string of the molecule is CC#CCCCCCOC(=O)c1ccccc1C(=O)OCCCCCC#CC. The molecule has 0 saturated heterocycles. The zero-order valence-electron chi connectivity index (χ0n) is 17.0. The minimum atomic E-state index is -0.487. The summed E-state index contributed by atoms with van der Waals surface area (Å²) >= 11 is 0.